The Morgan fingerprint density at radius 1 is 1.26 bits per heavy atom. The summed E-state index contributed by atoms with van der Waals surface area (Å²) in [5.41, 5.74) is -0.363. The van der Waals surface area contributed by atoms with E-state index in [9.17, 15) is 18.0 Å². The van der Waals surface area contributed by atoms with E-state index in [0.29, 0.717) is 5.92 Å². The Morgan fingerprint density at radius 2 is 1.96 bits per heavy atom. The quantitative estimate of drug-likeness (QED) is 0.842. The highest BCUT2D eigenvalue weighted by Crippen LogP contribution is 2.65. The maximum Gasteiger partial charge on any atom is 0.416 e. The second-order valence-electron chi connectivity index (χ2n) is 7.79. The van der Waals surface area contributed by atoms with Gasteiger partial charge < -0.3 is 5.32 Å². The smallest absolute Gasteiger partial charge is 0.349 e. The molecule has 1 aromatic rings. The van der Waals surface area contributed by atoms with E-state index in [1.54, 1.807) is 0 Å². The van der Waals surface area contributed by atoms with E-state index in [1.807, 2.05) is 0 Å². The van der Waals surface area contributed by atoms with Crippen LogP contribution < -0.4 is 5.32 Å². The summed E-state index contributed by atoms with van der Waals surface area (Å²) in [6.45, 7) is 6.73. The molecule has 3 unspecified atom stereocenters. The molecule has 1 N–H and O–H groups in total. The lowest BCUT2D eigenvalue weighted by Gasteiger charge is -2.33. The van der Waals surface area contributed by atoms with E-state index in [0.717, 1.165) is 31.4 Å². The van der Waals surface area contributed by atoms with Crippen LogP contribution >= 0.6 is 0 Å². The first-order valence-electron chi connectivity index (χ1n) is 8.03. The first-order chi connectivity index (χ1) is 10.5. The third kappa shape index (κ3) is 2.54. The van der Waals surface area contributed by atoms with Crippen molar-refractivity contribution in [2.24, 2.45) is 16.7 Å². The summed E-state index contributed by atoms with van der Waals surface area (Å²) in [5, 5.41) is 2.98. The Morgan fingerprint density at radius 3 is 2.48 bits per heavy atom. The molecule has 5 heteroatoms. The molecule has 2 aliphatic carbocycles. The Kier molecular flexibility index (Phi) is 3.54. The fourth-order valence-electron chi connectivity index (χ4n) is 4.54. The van der Waals surface area contributed by atoms with E-state index in [2.05, 4.69) is 26.1 Å². The Labute approximate surface area is 134 Å². The molecule has 0 aromatic heterocycles. The number of hydrogen-bond donors (Lipinski definition) is 1. The highest BCUT2D eigenvalue weighted by molar-refractivity contribution is 5.94. The maximum atomic E-state index is 12.8. The summed E-state index contributed by atoms with van der Waals surface area (Å²) in [4.78, 5) is 12.4. The summed E-state index contributed by atoms with van der Waals surface area (Å²) in [6, 6.07) is 4.67. The van der Waals surface area contributed by atoms with Gasteiger partial charge in [-0.05, 0) is 54.2 Å². The van der Waals surface area contributed by atoms with E-state index in [1.165, 1.54) is 12.1 Å². The van der Waals surface area contributed by atoms with Gasteiger partial charge in [0.15, 0.2) is 0 Å². The Balaban J connectivity index is 1.77. The van der Waals surface area contributed by atoms with Crippen molar-refractivity contribution in [1.29, 1.82) is 0 Å². The third-order valence-electron chi connectivity index (χ3n) is 6.41. The second-order valence-corrected chi connectivity index (χ2v) is 7.79. The average Bonchev–Trinajstić information content (AvgIpc) is 2.78. The number of carbonyl (C=O) groups excluding carboxylic acids is 1. The minimum atomic E-state index is -4.43. The summed E-state index contributed by atoms with van der Waals surface area (Å²) in [5.74, 6) is -0.0182. The van der Waals surface area contributed by atoms with Crippen LogP contribution in [0.15, 0.2) is 24.3 Å². The molecule has 23 heavy (non-hydrogen) atoms. The van der Waals surface area contributed by atoms with Gasteiger partial charge in [0.25, 0.3) is 5.91 Å². The normalized spacial score (nSPS) is 32.1. The third-order valence-corrected chi connectivity index (χ3v) is 6.41. The molecule has 1 amide bonds. The molecule has 0 heterocycles. The fourth-order valence-corrected chi connectivity index (χ4v) is 4.54. The molecule has 2 bridgehead atoms. The highest BCUT2D eigenvalue weighted by Gasteiger charge is 2.60. The summed E-state index contributed by atoms with van der Waals surface area (Å²) in [6.07, 6.45) is -1.31. The number of nitrogens with one attached hydrogen (secondary N) is 1. The van der Waals surface area contributed by atoms with Crippen LogP contribution in [0.25, 0.3) is 0 Å². The molecule has 3 rings (SSSR count). The number of carbonyl (C=O) groups is 1. The van der Waals surface area contributed by atoms with Gasteiger partial charge in [0.2, 0.25) is 0 Å². The van der Waals surface area contributed by atoms with E-state index in [4.69, 9.17) is 0 Å². The lowest BCUT2D eigenvalue weighted by molar-refractivity contribution is -0.137. The molecule has 2 nitrogen and oxygen atoms in total. The largest absolute Gasteiger partial charge is 0.416 e. The van der Waals surface area contributed by atoms with Gasteiger partial charge in [-0.15, -0.1) is 0 Å². The van der Waals surface area contributed by atoms with Gasteiger partial charge in [0, 0.05) is 11.6 Å². The standard InChI is InChI=1S/C18H22F3NO/c1-16(2)13-7-8-17(16,3)10-14(13)22-15(23)11-5-4-6-12(9-11)18(19,20)21/h4-6,9,13-14H,7-8,10H2,1-3H3,(H,22,23). The van der Waals surface area contributed by atoms with Crippen LogP contribution in [0.3, 0.4) is 0 Å². The van der Waals surface area contributed by atoms with Crippen LogP contribution in [0.5, 0.6) is 0 Å². The Hall–Kier alpha value is -1.52. The van der Waals surface area contributed by atoms with Gasteiger partial charge >= 0.3 is 6.18 Å². The molecule has 2 fully saturated rings. The maximum absolute atomic E-state index is 12.8. The van der Waals surface area contributed by atoms with Gasteiger partial charge in [-0.3, -0.25) is 4.79 Å². The lowest BCUT2D eigenvalue weighted by Crippen LogP contribution is -2.40. The topological polar surface area (TPSA) is 29.1 Å². The number of rotatable bonds is 2. The van der Waals surface area contributed by atoms with Crippen molar-refractivity contribution >= 4 is 5.91 Å². The van der Waals surface area contributed by atoms with Crippen LogP contribution in [0.4, 0.5) is 13.2 Å². The predicted octanol–water partition coefficient (Wildman–Crippen LogP) is 4.65. The molecule has 0 aliphatic heterocycles. The zero-order chi connectivity index (χ0) is 17.0. The SMILES string of the molecule is CC12CCC(C(NC(=O)c3cccc(C(F)(F)F)c3)C1)C2(C)C. The van der Waals surface area contributed by atoms with Gasteiger partial charge in [0.1, 0.15) is 0 Å². The molecule has 0 spiro atoms. The number of fused-ring (bicyclic) bond motifs is 2. The fraction of sp³-hybridized carbons (Fsp3) is 0.611. The number of hydrogen-bond acceptors (Lipinski definition) is 1. The zero-order valence-corrected chi connectivity index (χ0v) is 13.6. The molecule has 3 atom stereocenters. The van der Waals surface area contributed by atoms with E-state index >= 15 is 0 Å². The summed E-state index contributed by atoms with van der Waals surface area (Å²) < 4.78 is 38.3. The van der Waals surface area contributed by atoms with Crippen molar-refractivity contribution in [2.75, 3.05) is 0 Å². The lowest BCUT2D eigenvalue weighted by atomic mass is 9.71. The van der Waals surface area contributed by atoms with Crippen molar-refractivity contribution in [2.45, 2.75) is 52.3 Å². The van der Waals surface area contributed by atoms with Crippen LogP contribution in [0.1, 0.15) is 56.0 Å². The molecule has 2 saturated carbocycles. The van der Waals surface area contributed by atoms with Crippen LogP contribution in [0.2, 0.25) is 0 Å². The van der Waals surface area contributed by atoms with Gasteiger partial charge in [-0.2, -0.15) is 13.2 Å². The van der Waals surface area contributed by atoms with E-state index < -0.39 is 17.6 Å². The predicted molar refractivity (Wildman–Crippen MR) is 81.9 cm³/mol. The molecule has 126 valence electrons. The van der Waals surface area contributed by atoms with E-state index in [-0.39, 0.29) is 22.4 Å². The number of amides is 1. The van der Waals surface area contributed by atoms with Gasteiger partial charge in [-0.1, -0.05) is 26.8 Å². The first kappa shape index (κ1) is 16.3. The minimum absolute atomic E-state index is 0.0470. The van der Waals surface area contributed by atoms with Gasteiger partial charge in [-0.25, -0.2) is 0 Å². The number of benzene rings is 1. The van der Waals surface area contributed by atoms with Crippen molar-refractivity contribution in [3.63, 3.8) is 0 Å². The number of halogens is 3. The van der Waals surface area contributed by atoms with Crippen molar-refractivity contribution < 1.29 is 18.0 Å². The summed E-state index contributed by atoms with van der Waals surface area (Å²) >= 11 is 0. The molecule has 1 aromatic carbocycles. The van der Waals surface area contributed by atoms with Crippen molar-refractivity contribution in [1.82, 2.24) is 5.32 Å². The van der Waals surface area contributed by atoms with Crippen LogP contribution in [-0.2, 0) is 6.18 Å². The second kappa shape index (κ2) is 4.99. The molecule has 0 radical (unpaired) electrons. The number of alkyl halides is 3. The monoisotopic (exact) mass is 325 g/mol. The first-order valence-corrected chi connectivity index (χ1v) is 8.03. The summed E-state index contributed by atoms with van der Waals surface area (Å²) in [7, 11) is 0. The van der Waals surface area contributed by atoms with Crippen LogP contribution in [0, 0.1) is 16.7 Å². The zero-order valence-electron chi connectivity index (χ0n) is 13.6. The van der Waals surface area contributed by atoms with Crippen LogP contribution in [-0.4, -0.2) is 11.9 Å². The highest BCUT2D eigenvalue weighted by atomic mass is 19.4. The van der Waals surface area contributed by atoms with Crippen molar-refractivity contribution in [3.05, 3.63) is 35.4 Å². The Bertz CT molecular complexity index is 635. The van der Waals surface area contributed by atoms with Crippen molar-refractivity contribution in [3.8, 4) is 0 Å². The molecular formula is C18H22F3NO. The molecule has 0 saturated heterocycles. The molecular weight excluding hydrogens is 303 g/mol. The van der Waals surface area contributed by atoms with Gasteiger partial charge in [0.05, 0.1) is 5.56 Å². The molecule has 2 aliphatic rings. The average molecular weight is 325 g/mol. The minimum Gasteiger partial charge on any atom is -0.349 e.